The Morgan fingerprint density at radius 2 is 1.75 bits per heavy atom. The summed E-state index contributed by atoms with van der Waals surface area (Å²) in [6, 6.07) is 16.8. The van der Waals surface area contributed by atoms with Gasteiger partial charge in [0.25, 0.3) is 5.91 Å². The second-order valence-corrected chi connectivity index (χ2v) is 7.97. The zero-order chi connectivity index (χ0) is 19.3. The number of nitrogens with one attached hydrogen (secondary N) is 2. The van der Waals surface area contributed by atoms with Crippen molar-refractivity contribution >= 4 is 49.8 Å². The Bertz CT molecular complexity index is 1090. The van der Waals surface area contributed by atoms with Crippen LogP contribution < -0.4 is 10.6 Å². The molecule has 0 fully saturated rings. The average molecular weight is 409 g/mol. The van der Waals surface area contributed by atoms with Crippen molar-refractivity contribution < 1.29 is 9.59 Å². The van der Waals surface area contributed by atoms with Crippen LogP contribution in [-0.2, 0) is 17.8 Å². The normalized spacial score (nSPS) is 10.7. The molecule has 0 saturated heterocycles. The van der Waals surface area contributed by atoms with Crippen LogP contribution in [0.5, 0.6) is 0 Å². The molecule has 0 atom stereocenters. The van der Waals surface area contributed by atoms with Crippen LogP contribution in [-0.4, -0.2) is 21.8 Å². The van der Waals surface area contributed by atoms with E-state index in [1.54, 1.807) is 41.0 Å². The quantitative estimate of drug-likeness (QED) is 0.507. The molecule has 4 aromatic rings. The molecular formula is C20H16N4O2S2. The number of aromatic nitrogens is 2. The highest BCUT2D eigenvalue weighted by Crippen LogP contribution is 2.21. The highest BCUT2D eigenvalue weighted by molar-refractivity contribution is 7.18. The van der Waals surface area contributed by atoms with E-state index >= 15 is 0 Å². The molecule has 4 rings (SSSR count). The Balaban J connectivity index is 1.30. The summed E-state index contributed by atoms with van der Waals surface area (Å²) in [5.74, 6) is -0.354. The summed E-state index contributed by atoms with van der Waals surface area (Å²) in [6.07, 6.45) is 0.155. The van der Waals surface area contributed by atoms with Gasteiger partial charge in [0.15, 0.2) is 5.13 Å². The summed E-state index contributed by atoms with van der Waals surface area (Å²) >= 11 is 2.87. The van der Waals surface area contributed by atoms with E-state index in [4.69, 9.17) is 0 Å². The fourth-order valence-corrected chi connectivity index (χ4v) is 4.21. The minimum absolute atomic E-state index is 0.134. The van der Waals surface area contributed by atoms with Crippen LogP contribution in [0.1, 0.15) is 21.1 Å². The Kier molecular flexibility index (Phi) is 5.41. The predicted molar refractivity (Wildman–Crippen MR) is 112 cm³/mol. The van der Waals surface area contributed by atoms with Crippen molar-refractivity contribution in [1.29, 1.82) is 0 Å². The maximum Gasteiger partial charge on any atom is 0.257 e. The molecule has 0 spiro atoms. The zero-order valence-electron chi connectivity index (χ0n) is 14.7. The maximum absolute atomic E-state index is 12.2. The highest BCUT2D eigenvalue weighted by Gasteiger charge is 2.12. The monoisotopic (exact) mass is 408 g/mol. The number of para-hydroxylation sites is 1. The summed E-state index contributed by atoms with van der Waals surface area (Å²) < 4.78 is 1.10. The number of nitrogens with zero attached hydrogens (tertiary/aromatic N) is 2. The summed E-state index contributed by atoms with van der Waals surface area (Å²) in [5.41, 5.74) is 2.12. The first-order valence-corrected chi connectivity index (χ1v) is 10.3. The Morgan fingerprint density at radius 3 is 2.57 bits per heavy atom. The van der Waals surface area contributed by atoms with Gasteiger partial charge in [-0.05, 0) is 24.3 Å². The van der Waals surface area contributed by atoms with Crippen LogP contribution in [0.3, 0.4) is 0 Å². The van der Waals surface area contributed by atoms with Gasteiger partial charge >= 0.3 is 0 Å². The van der Waals surface area contributed by atoms with Crippen molar-refractivity contribution in [3.63, 3.8) is 0 Å². The number of carbonyl (C=O) groups is 2. The molecule has 2 aromatic heterocycles. The number of hydrogen-bond acceptors (Lipinski definition) is 6. The van der Waals surface area contributed by atoms with Crippen molar-refractivity contribution in [2.24, 2.45) is 0 Å². The molecule has 0 bridgehead atoms. The molecule has 8 heteroatoms. The van der Waals surface area contributed by atoms with Crippen LogP contribution in [0.25, 0.3) is 10.2 Å². The van der Waals surface area contributed by atoms with E-state index in [1.807, 2.05) is 30.3 Å². The van der Waals surface area contributed by atoms with Crippen molar-refractivity contribution in [3.05, 3.63) is 76.2 Å². The smallest absolute Gasteiger partial charge is 0.257 e. The van der Waals surface area contributed by atoms with Crippen LogP contribution in [0.15, 0.2) is 60.0 Å². The van der Waals surface area contributed by atoms with Gasteiger partial charge < -0.3 is 5.32 Å². The molecule has 6 nitrogen and oxygen atoms in total. The van der Waals surface area contributed by atoms with Crippen LogP contribution in [0.4, 0.5) is 5.13 Å². The third-order valence-electron chi connectivity index (χ3n) is 3.92. The van der Waals surface area contributed by atoms with E-state index in [0.29, 0.717) is 22.9 Å². The number of carbonyl (C=O) groups excluding carboxylic acids is 2. The van der Waals surface area contributed by atoms with E-state index in [1.165, 1.54) is 11.3 Å². The van der Waals surface area contributed by atoms with E-state index in [9.17, 15) is 9.59 Å². The minimum Gasteiger partial charge on any atom is -0.349 e. The van der Waals surface area contributed by atoms with Gasteiger partial charge in [-0.15, -0.1) is 22.7 Å². The Hall–Kier alpha value is -3.10. The van der Waals surface area contributed by atoms with Gasteiger partial charge in [0.1, 0.15) is 5.01 Å². The van der Waals surface area contributed by atoms with Crippen molar-refractivity contribution in [2.45, 2.75) is 13.0 Å². The molecule has 0 aliphatic carbocycles. The van der Waals surface area contributed by atoms with E-state index in [2.05, 4.69) is 20.6 Å². The van der Waals surface area contributed by atoms with Gasteiger partial charge in [0.05, 0.1) is 28.9 Å². The standard InChI is InChI=1S/C20H16N4O2S2/c25-17(21-11-18-23-15-8-4-5-9-16(15)28-18)10-14-12-27-20(22-14)24-19(26)13-6-2-1-3-7-13/h1-9,12H,10-11H2,(H,21,25)(H,22,24,26). The SMILES string of the molecule is O=C(Cc1csc(NC(=O)c2ccccc2)n1)NCc1nc2ccccc2s1. The minimum atomic E-state index is -0.221. The lowest BCUT2D eigenvalue weighted by atomic mass is 10.2. The molecule has 2 aromatic carbocycles. The number of anilines is 1. The molecule has 2 heterocycles. The van der Waals surface area contributed by atoms with Gasteiger partial charge in [-0.3, -0.25) is 14.9 Å². The second kappa shape index (κ2) is 8.28. The number of benzene rings is 2. The molecular weight excluding hydrogens is 392 g/mol. The van der Waals surface area contributed by atoms with Gasteiger partial charge in [0.2, 0.25) is 5.91 Å². The second-order valence-electron chi connectivity index (χ2n) is 5.99. The van der Waals surface area contributed by atoms with E-state index in [0.717, 1.165) is 15.2 Å². The lowest BCUT2D eigenvalue weighted by molar-refractivity contribution is -0.120. The number of thiazole rings is 2. The average Bonchev–Trinajstić information content (AvgIpc) is 3.33. The lowest BCUT2D eigenvalue weighted by Gasteiger charge is -2.02. The largest absolute Gasteiger partial charge is 0.349 e. The topological polar surface area (TPSA) is 84.0 Å². The maximum atomic E-state index is 12.2. The van der Waals surface area contributed by atoms with Crippen molar-refractivity contribution in [3.8, 4) is 0 Å². The van der Waals surface area contributed by atoms with Crippen LogP contribution in [0.2, 0.25) is 0 Å². The number of amides is 2. The zero-order valence-corrected chi connectivity index (χ0v) is 16.3. The van der Waals surface area contributed by atoms with E-state index < -0.39 is 0 Å². The third-order valence-corrected chi connectivity index (χ3v) is 5.77. The number of hydrogen-bond donors (Lipinski definition) is 2. The molecule has 0 radical (unpaired) electrons. The first kappa shape index (κ1) is 18.3. The van der Waals surface area contributed by atoms with Gasteiger partial charge in [-0.25, -0.2) is 9.97 Å². The third kappa shape index (κ3) is 4.41. The molecule has 2 N–H and O–H groups in total. The summed E-state index contributed by atoms with van der Waals surface area (Å²) in [4.78, 5) is 33.2. The summed E-state index contributed by atoms with van der Waals surface area (Å²) in [6.45, 7) is 0.389. The molecule has 2 amide bonds. The molecule has 0 aliphatic heterocycles. The Morgan fingerprint density at radius 1 is 0.964 bits per heavy atom. The highest BCUT2D eigenvalue weighted by atomic mass is 32.1. The first-order chi connectivity index (χ1) is 13.7. The van der Waals surface area contributed by atoms with Gasteiger partial charge in [0, 0.05) is 10.9 Å². The fraction of sp³-hybridized carbons (Fsp3) is 0.100. The molecule has 0 aliphatic rings. The van der Waals surface area contributed by atoms with Gasteiger partial charge in [-0.2, -0.15) is 0 Å². The lowest BCUT2D eigenvalue weighted by Crippen LogP contribution is -2.24. The summed E-state index contributed by atoms with van der Waals surface area (Å²) in [7, 11) is 0. The molecule has 0 saturated carbocycles. The first-order valence-electron chi connectivity index (χ1n) is 8.59. The van der Waals surface area contributed by atoms with Gasteiger partial charge in [-0.1, -0.05) is 30.3 Å². The van der Waals surface area contributed by atoms with Crippen LogP contribution >= 0.6 is 22.7 Å². The van der Waals surface area contributed by atoms with E-state index in [-0.39, 0.29) is 18.2 Å². The molecule has 28 heavy (non-hydrogen) atoms. The molecule has 140 valence electrons. The van der Waals surface area contributed by atoms with Crippen molar-refractivity contribution in [1.82, 2.24) is 15.3 Å². The number of fused-ring (bicyclic) bond motifs is 1. The summed E-state index contributed by atoms with van der Waals surface area (Å²) in [5, 5.41) is 8.74. The predicted octanol–water partition coefficient (Wildman–Crippen LogP) is 3.86. The Labute approximate surface area is 169 Å². The number of rotatable bonds is 6. The van der Waals surface area contributed by atoms with Crippen LogP contribution in [0, 0.1) is 0 Å². The molecule has 0 unspecified atom stereocenters. The van der Waals surface area contributed by atoms with Crippen molar-refractivity contribution in [2.75, 3.05) is 5.32 Å². The fourth-order valence-electron chi connectivity index (χ4n) is 2.60.